The van der Waals surface area contributed by atoms with Crippen LogP contribution in [-0.4, -0.2) is 6.10 Å². The van der Waals surface area contributed by atoms with Gasteiger partial charge in [0.25, 0.3) is 0 Å². The van der Waals surface area contributed by atoms with Crippen LogP contribution in [0.5, 0.6) is 5.75 Å². The van der Waals surface area contributed by atoms with E-state index in [-0.39, 0.29) is 6.10 Å². The van der Waals surface area contributed by atoms with Gasteiger partial charge in [0, 0.05) is 0 Å². The fourth-order valence-electron chi connectivity index (χ4n) is 1.78. The van der Waals surface area contributed by atoms with E-state index in [1.54, 1.807) is 6.07 Å². The minimum absolute atomic E-state index is 0.214. The van der Waals surface area contributed by atoms with Gasteiger partial charge in [-0.05, 0) is 49.9 Å². The van der Waals surface area contributed by atoms with E-state index in [2.05, 4.69) is 26.8 Å². The first-order valence-corrected chi connectivity index (χ1v) is 5.70. The number of nitriles is 1. The van der Waals surface area contributed by atoms with Gasteiger partial charge in [0.1, 0.15) is 5.75 Å². The molecular formula is C14H19NO. The van der Waals surface area contributed by atoms with Gasteiger partial charge in [0.2, 0.25) is 0 Å². The summed E-state index contributed by atoms with van der Waals surface area (Å²) >= 11 is 0. The summed E-state index contributed by atoms with van der Waals surface area (Å²) in [4.78, 5) is 0. The molecule has 1 aromatic rings. The van der Waals surface area contributed by atoms with Gasteiger partial charge in [0.05, 0.1) is 17.7 Å². The molecule has 0 radical (unpaired) electrons. The Bertz CT molecular complexity index is 390. The van der Waals surface area contributed by atoms with Gasteiger partial charge in [-0.1, -0.05) is 13.8 Å². The standard InChI is InChI=1S/C14H19NO/c1-10(2)7-12(4)16-14-6-5-13(9-15)8-11(14)3/h5-6,8,10,12H,7H2,1-4H3. The molecule has 0 aliphatic carbocycles. The molecule has 0 saturated heterocycles. The smallest absolute Gasteiger partial charge is 0.122 e. The predicted molar refractivity (Wildman–Crippen MR) is 65.4 cm³/mol. The summed E-state index contributed by atoms with van der Waals surface area (Å²) in [6.07, 6.45) is 1.26. The highest BCUT2D eigenvalue weighted by Crippen LogP contribution is 2.21. The Morgan fingerprint density at radius 3 is 2.50 bits per heavy atom. The first kappa shape index (κ1) is 12.6. The number of nitrogens with zero attached hydrogens (tertiary/aromatic N) is 1. The number of ether oxygens (including phenoxy) is 1. The number of benzene rings is 1. The van der Waals surface area contributed by atoms with Gasteiger partial charge in [-0.15, -0.1) is 0 Å². The lowest BCUT2D eigenvalue weighted by atomic mass is 10.1. The second-order valence-electron chi connectivity index (χ2n) is 4.65. The highest BCUT2D eigenvalue weighted by Gasteiger charge is 2.08. The number of aryl methyl sites for hydroxylation is 1. The van der Waals surface area contributed by atoms with Crippen molar-refractivity contribution in [3.63, 3.8) is 0 Å². The zero-order valence-electron chi connectivity index (χ0n) is 10.4. The van der Waals surface area contributed by atoms with Crippen LogP contribution in [-0.2, 0) is 0 Å². The highest BCUT2D eigenvalue weighted by atomic mass is 16.5. The summed E-state index contributed by atoms with van der Waals surface area (Å²) in [5.74, 6) is 1.51. The van der Waals surface area contributed by atoms with E-state index in [1.807, 2.05) is 19.1 Å². The molecule has 2 heteroatoms. The molecule has 0 aliphatic heterocycles. The number of rotatable bonds is 4. The van der Waals surface area contributed by atoms with Gasteiger partial charge < -0.3 is 4.74 Å². The van der Waals surface area contributed by atoms with Crippen LogP contribution in [0.2, 0.25) is 0 Å². The molecule has 0 heterocycles. The zero-order valence-corrected chi connectivity index (χ0v) is 10.4. The van der Waals surface area contributed by atoms with Crippen LogP contribution >= 0.6 is 0 Å². The quantitative estimate of drug-likeness (QED) is 0.770. The fourth-order valence-corrected chi connectivity index (χ4v) is 1.78. The lowest BCUT2D eigenvalue weighted by Crippen LogP contribution is -2.15. The maximum atomic E-state index is 8.76. The summed E-state index contributed by atoms with van der Waals surface area (Å²) < 4.78 is 5.85. The van der Waals surface area contributed by atoms with E-state index in [0.717, 1.165) is 17.7 Å². The third-order valence-corrected chi connectivity index (χ3v) is 2.44. The molecule has 0 fully saturated rings. The first-order chi connectivity index (χ1) is 7.52. The van der Waals surface area contributed by atoms with Crippen molar-refractivity contribution in [3.05, 3.63) is 29.3 Å². The molecule has 0 spiro atoms. The molecule has 0 saturated carbocycles. The number of hydrogen-bond acceptors (Lipinski definition) is 2. The average molecular weight is 217 g/mol. The molecular weight excluding hydrogens is 198 g/mol. The van der Waals surface area contributed by atoms with Crippen molar-refractivity contribution in [2.24, 2.45) is 5.92 Å². The fraction of sp³-hybridized carbons (Fsp3) is 0.500. The normalized spacial score (nSPS) is 12.2. The Balaban J connectivity index is 2.71. The summed E-state index contributed by atoms with van der Waals surface area (Å²) in [6, 6.07) is 7.66. The molecule has 1 atom stereocenters. The van der Waals surface area contributed by atoms with Crippen LogP contribution in [0.4, 0.5) is 0 Å². The topological polar surface area (TPSA) is 33.0 Å². The second-order valence-corrected chi connectivity index (χ2v) is 4.65. The Morgan fingerprint density at radius 1 is 1.31 bits per heavy atom. The van der Waals surface area contributed by atoms with Crippen LogP contribution in [0.25, 0.3) is 0 Å². The molecule has 0 aliphatic rings. The van der Waals surface area contributed by atoms with Crippen LogP contribution in [0.15, 0.2) is 18.2 Å². The van der Waals surface area contributed by atoms with Crippen molar-refractivity contribution in [2.75, 3.05) is 0 Å². The molecule has 0 amide bonds. The molecule has 0 aromatic heterocycles. The first-order valence-electron chi connectivity index (χ1n) is 5.70. The average Bonchev–Trinajstić information content (AvgIpc) is 2.19. The molecule has 0 bridgehead atoms. The minimum Gasteiger partial charge on any atom is -0.490 e. The summed E-state index contributed by atoms with van der Waals surface area (Å²) in [5.41, 5.74) is 1.70. The molecule has 2 nitrogen and oxygen atoms in total. The second kappa shape index (κ2) is 5.55. The molecule has 0 N–H and O–H groups in total. The summed E-state index contributed by atoms with van der Waals surface area (Å²) in [7, 11) is 0. The van der Waals surface area contributed by atoms with Gasteiger partial charge in [-0.2, -0.15) is 5.26 Å². The van der Waals surface area contributed by atoms with E-state index >= 15 is 0 Å². The maximum Gasteiger partial charge on any atom is 0.122 e. The van der Waals surface area contributed by atoms with E-state index in [1.165, 1.54) is 0 Å². The third-order valence-electron chi connectivity index (χ3n) is 2.44. The van der Waals surface area contributed by atoms with Crippen LogP contribution in [0.1, 0.15) is 38.3 Å². The monoisotopic (exact) mass is 217 g/mol. The van der Waals surface area contributed by atoms with Crippen molar-refractivity contribution < 1.29 is 4.74 Å². The third kappa shape index (κ3) is 3.58. The van der Waals surface area contributed by atoms with Crippen molar-refractivity contribution in [1.82, 2.24) is 0 Å². The minimum atomic E-state index is 0.214. The van der Waals surface area contributed by atoms with E-state index in [9.17, 15) is 0 Å². The molecule has 16 heavy (non-hydrogen) atoms. The maximum absolute atomic E-state index is 8.76. The SMILES string of the molecule is Cc1cc(C#N)ccc1OC(C)CC(C)C. The zero-order chi connectivity index (χ0) is 12.1. The Kier molecular flexibility index (Phi) is 4.37. The van der Waals surface area contributed by atoms with Gasteiger partial charge in [0.15, 0.2) is 0 Å². The predicted octanol–water partition coefficient (Wildman–Crippen LogP) is 3.68. The van der Waals surface area contributed by atoms with Gasteiger partial charge in [-0.3, -0.25) is 0 Å². The van der Waals surface area contributed by atoms with Crippen molar-refractivity contribution in [2.45, 2.75) is 40.2 Å². The molecule has 1 rings (SSSR count). The lowest BCUT2D eigenvalue weighted by molar-refractivity contribution is 0.192. The highest BCUT2D eigenvalue weighted by molar-refractivity contribution is 5.41. The summed E-state index contributed by atoms with van der Waals surface area (Å²) in [6.45, 7) is 8.42. The van der Waals surface area contributed by atoms with Gasteiger partial charge >= 0.3 is 0 Å². The Hall–Kier alpha value is -1.49. The Morgan fingerprint density at radius 2 is 2.00 bits per heavy atom. The van der Waals surface area contributed by atoms with Crippen LogP contribution in [0, 0.1) is 24.2 Å². The van der Waals surface area contributed by atoms with Crippen molar-refractivity contribution >= 4 is 0 Å². The van der Waals surface area contributed by atoms with E-state index in [4.69, 9.17) is 10.00 Å². The lowest BCUT2D eigenvalue weighted by Gasteiger charge is -2.18. The molecule has 1 unspecified atom stereocenters. The van der Waals surface area contributed by atoms with Gasteiger partial charge in [-0.25, -0.2) is 0 Å². The molecule has 86 valence electrons. The van der Waals surface area contributed by atoms with Crippen LogP contribution < -0.4 is 4.74 Å². The Labute approximate surface area is 97.9 Å². The van der Waals surface area contributed by atoms with E-state index in [0.29, 0.717) is 11.5 Å². The van der Waals surface area contributed by atoms with Crippen molar-refractivity contribution in [3.8, 4) is 11.8 Å². The number of hydrogen-bond donors (Lipinski definition) is 0. The molecule has 1 aromatic carbocycles. The van der Waals surface area contributed by atoms with Crippen LogP contribution in [0.3, 0.4) is 0 Å². The summed E-state index contributed by atoms with van der Waals surface area (Å²) in [5, 5.41) is 8.76. The van der Waals surface area contributed by atoms with E-state index < -0.39 is 0 Å². The largest absolute Gasteiger partial charge is 0.490 e. The van der Waals surface area contributed by atoms with Crippen molar-refractivity contribution in [1.29, 1.82) is 5.26 Å².